The quantitative estimate of drug-likeness (QED) is 0.702. The van der Waals surface area contributed by atoms with E-state index in [1.807, 2.05) is 0 Å². The number of aliphatic hydroxyl groups is 2. The lowest BCUT2D eigenvalue weighted by molar-refractivity contribution is -0.174. The summed E-state index contributed by atoms with van der Waals surface area (Å²) < 4.78 is 5.18. The predicted molar refractivity (Wildman–Crippen MR) is 69.3 cm³/mol. The first kappa shape index (κ1) is 14.0. The lowest BCUT2D eigenvalue weighted by atomic mass is 9.89. The number of rotatable bonds is 3. The van der Waals surface area contributed by atoms with Gasteiger partial charge in [0.05, 0.1) is 12.3 Å². The minimum Gasteiger partial charge on any atom is -0.464 e. The first-order valence-corrected chi connectivity index (χ1v) is 6.39. The van der Waals surface area contributed by atoms with Crippen molar-refractivity contribution in [3.8, 4) is 0 Å². The van der Waals surface area contributed by atoms with E-state index in [2.05, 4.69) is 26.0 Å². The van der Waals surface area contributed by atoms with Crippen molar-refractivity contribution in [2.75, 3.05) is 11.9 Å². The minimum absolute atomic E-state index is 0.0406. The lowest BCUT2D eigenvalue weighted by Gasteiger charge is -2.25. The second kappa shape index (κ2) is 4.92. The number of hydrogen-bond donors (Lipinski definition) is 3. The SMILES string of the molecule is CCOC(=O)[C@@H](O)[C@]1(O)C(=O)Nc2c(Br)cccc21. The largest absolute Gasteiger partial charge is 0.464 e. The third kappa shape index (κ3) is 2.03. The predicted octanol–water partition coefficient (Wildman–Crippen LogP) is 0.513. The van der Waals surface area contributed by atoms with E-state index in [-0.39, 0.29) is 12.2 Å². The molecule has 0 fully saturated rings. The monoisotopic (exact) mass is 329 g/mol. The number of carbonyl (C=O) groups is 2. The van der Waals surface area contributed by atoms with E-state index in [9.17, 15) is 19.8 Å². The molecule has 2 rings (SSSR count). The number of carbonyl (C=O) groups excluding carboxylic acids is 2. The van der Waals surface area contributed by atoms with E-state index in [0.29, 0.717) is 10.2 Å². The lowest BCUT2D eigenvalue weighted by Crippen LogP contribution is -2.50. The molecule has 0 radical (unpaired) electrons. The zero-order valence-corrected chi connectivity index (χ0v) is 11.6. The van der Waals surface area contributed by atoms with Gasteiger partial charge in [0.25, 0.3) is 5.91 Å². The Morgan fingerprint density at radius 1 is 1.58 bits per heavy atom. The fraction of sp³-hybridized carbons (Fsp3) is 0.333. The van der Waals surface area contributed by atoms with Gasteiger partial charge < -0.3 is 20.3 Å². The van der Waals surface area contributed by atoms with Gasteiger partial charge in [-0.15, -0.1) is 0 Å². The minimum atomic E-state index is -2.34. The van der Waals surface area contributed by atoms with Crippen LogP contribution in [0.25, 0.3) is 0 Å². The number of benzene rings is 1. The molecule has 0 bridgehead atoms. The van der Waals surface area contributed by atoms with Gasteiger partial charge in [-0.05, 0) is 28.9 Å². The highest BCUT2D eigenvalue weighted by Gasteiger charge is 2.54. The average Bonchev–Trinajstić information content (AvgIpc) is 2.64. The summed E-state index contributed by atoms with van der Waals surface area (Å²) in [4.78, 5) is 23.5. The maximum Gasteiger partial charge on any atom is 0.338 e. The molecule has 1 amide bonds. The van der Waals surface area contributed by atoms with Crippen LogP contribution in [0.5, 0.6) is 0 Å². The van der Waals surface area contributed by atoms with Crippen LogP contribution >= 0.6 is 15.9 Å². The first-order valence-electron chi connectivity index (χ1n) is 5.60. The first-order chi connectivity index (χ1) is 8.92. The maximum absolute atomic E-state index is 11.9. The van der Waals surface area contributed by atoms with Gasteiger partial charge in [-0.3, -0.25) is 4.79 Å². The fourth-order valence-corrected chi connectivity index (χ4v) is 2.43. The van der Waals surface area contributed by atoms with Crippen LogP contribution in [0.3, 0.4) is 0 Å². The fourth-order valence-electron chi connectivity index (χ4n) is 1.96. The summed E-state index contributed by atoms with van der Waals surface area (Å²) in [6.45, 7) is 1.60. The van der Waals surface area contributed by atoms with Crippen molar-refractivity contribution in [2.45, 2.75) is 18.6 Å². The maximum atomic E-state index is 11.9. The van der Waals surface area contributed by atoms with Gasteiger partial charge in [-0.25, -0.2) is 4.79 Å². The van der Waals surface area contributed by atoms with Crippen molar-refractivity contribution in [3.63, 3.8) is 0 Å². The van der Waals surface area contributed by atoms with E-state index in [1.54, 1.807) is 19.1 Å². The molecule has 1 aliphatic heterocycles. The molecule has 19 heavy (non-hydrogen) atoms. The number of aliphatic hydroxyl groups excluding tert-OH is 1. The molecule has 1 aromatic rings. The molecule has 6 nitrogen and oxygen atoms in total. The second-order valence-corrected chi connectivity index (χ2v) is 4.89. The Morgan fingerprint density at radius 3 is 2.89 bits per heavy atom. The van der Waals surface area contributed by atoms with E-state index < -0.39 is 23.6 Å². The highest BCUT2D eigenvalue weighted by Crippen LogP contribution is 2.42. The molecule has 1 aliphatic rings. The van der Waals surface area contributed by atoms with Crippen molar-refractivity contribution in [2.24, 2.45) is 0 Å². The van der Waals surface area contributed by atoms with Crippen LogP contribution in [0.2, 0.25) is 0 Å². The number of amides is 1. The van der Waals surface area contributed by atoms with Crippen molar-refractivity contribution < 1.29 is 24.5 Å². The van der Waals surface area contributed by atoms with Crippen LogP contribution in [-0.2, 0) is 19.9 Å². The second-order valence-electron chi connectivity index (χ2n) is 4.04. The van der Waals surface area contributed by atoms with Gasteiger partial charge in [0.15, 0.2) is 6.10 Å². The number of hydrogen-bond acceptors (Lipinski definition) is 5. The molecule has 0 saturated carbocycles. The molecule has 1 aromatic carbocycles. The number of ether oxygens (including phenoxy) is 1. The molecule has 3 N–H and O–H groups in total. The zero-order chi connectivity index (χ0) is 14.2. The van der Waals surface area contributed by atoms with Gasteiger partial charge >= 0.3 is 5.97 Å². The summed E-state index contributed by atoms with van der Waals surface area (Å²) in [6.07, 6.45) is -1.98. The highest BCUT2D eigenvalue weighted by molar-refractivity contribution is 9.10. The smallest absolute Gasteiger partial charge is 0.338 e. The van der Waals surface area contributed by atoms with Crippen LogP contribution in [-0.4, -0.2) is 34.8 Å². The molecular weight excluding hydrogens is 318 g/mol. The van der Waals surface area contributed by atoms with Crippen molar-refractivity contribution in [1.82, 2.24) is 0 Å². The molecule has 0 spiro atoms. The van der Waals surface area contributed by atoms with Crippen LogP contribution < -0.4 is 5.32 Å². The Hall–Kier alpha value is -1.44. The summed E-state index contributed by atoms with van der Waals surface area (Å²) >= 11 is 3.22. The third-order valence-electron chi connectivity index (χ3n) is 2.91. The van der Waals surface area contributed by atoms with Crippen molar-refractivity contribution in [1.29, 1.82) is 0 Å². The number of esters is 1. The Kier molecular flexibility index (Phi) is 3.62. The summed E-state index contributed by atoms with van der Waals surface area (Å²) in [7, 11) is 0. The summed E-state index contributed by atoms with van der Waals surface area (Å²) in [5, 5.41) is 22.8. The number of nitrogens with one attached hydrogen (secondary N) is 1. The van der Waals surface area contributed by atoms with Crippen molar-refractivity contribution >= 4 is 33.5 Å². The summed E-state index contributed by atoms with van der Waals surface area (Å²) in [5.74, 6) is -1.91. The van der Waals surface area contributed by atoms with Gasteiger partial charge in [0, 0.05) is 10.0 Å². The van der Waals surface area contributed by atoms with E-state index in [0.717, 1.165) is 0 Å². The third-order valence-corrected chi connectivity index (χ3v) is 3.58. The highest BCUT2D eigenvalue weighted by atomic mass is 79.9. The number of halogens is 1. The van der Waals surface area contributed by atoms with Crippen LogP contribution in [0.15, 0.2) is 22.7 Å². The van der Waals surface area contributed by atoms with Gasteiger partial charge in [0.2, 0.25) is 5.60 Å². The molecule has 0 aromatic heterocycles. The van der Waals surface area contributed by atoms with Gasteiger partial charge in [0.1, 0.15) is 0 Å². The van der Waals surface area contributed by atoms with Gasteiger partial charge in [-0.1, -0.05) is 12.1 Å². The van der Waals surface area contributed by atoms with Crippen LogP contribution in [0, 0.1) is 0 Å². The molecule has 7 heteroatoms. The Labute approximate surface area is 117 Å². The average molecular weight is 330 g/mol. The Morgan fingerprint density at radius 2 is 2.26 bits per heavy atom. The standard InChI is InChI=1S/C12H12BrNO5/c1-2-19-10(16)9(15)12(18)6-4-3-5-7(13)8(6)14-11(12)17/h3-5,9,15,18H,2H2,1H3,(H,14,17)/t9-,12+/m1/s1. The number of anilines is 1. The van der Waals surface area contributed by atoms with Crippen molar-refractivity contribution in [3.05, 3.63) is 28.2 Å². The number of para-hydroxylation sites is 1. The van der Waals surface area contributed by atoms with E-state index in [4.69, 9.17) is 0 Å². The topological polar surface area (TPSA) is 95.9 Å². The summed E-state index contributed by atoms with van der Waals surface area (Å²) in [6, 6.07) is 4.72. The molecule has 0 unspecified atom stereocenters. The molecular formula is C12H12BrNO5. The van der Waals surface area contributed by atoms with Crippen LogP contribution in [0.4, 0.5) is 5.69 Å². The molecule has 0 saturated heterocycles. The number of fused-ring (bicyclic) bond motifs is 1. The zero-order valence-electron chi connectivity index (χ0n) is 10.0. The molecule has 1 heterocycles. The Bertz CT molecular complexity index is 547. The normalized spacial score (nSPS) is 22.6. The van der Waals surface area contributed by atoms with E-state index in [1.165, 1.54) is 6.07 Å². The molecule has 102 valence electrons. The molecule has 2 atom stereocenters. The van der Waals surface area contributed by atoms with E-state index >= 15 is 0 Å². The Balaban J connectivity index is 2.47. The molecule has 0 aliphatic carbocycles. The van der Waals surface area contributed by atoms with Crippen LogP contribution in [0.1, 0.15) is 12.5 Å². The summed E-state index contributed by atoms with van der Waals surface area (Å²) in [5.41, 5.74) is -1.88. The van der Waals surface area contributed by atoms with Gasteiger partial charge in [-0.2, -0.15) is 0 Å².